The van der Waals surface area contributed by atoms with Crippen LogP contribution in [0.4, 0.5) is 0 Å². The number of aromatic nitrogens is 1. The molecule has 0 aliphatic carbocycles. The van der Waals surface area contributed by atoms with E-state index in [2.05, 4.69) is 5.16 Å². The van der Waals surface area contributed by atoms with Gasteiger partial charge in [-0.3, -0.25) is 4.79 Å². The van der Waals surface area contributed by atoms with Gasteiger partial charge in [0.2, 0.25) is 0 Å². The number of nitrogens with zero attached hydrogens (tertiary/aromatic N) is 2. The summed E-state index contributed by atoms with van der Waals surface area (Å²) in [4.78, 5) is 14.8. The quantitative estimate of drug-likeness (QED) is 0.914. The first-order chi connectivity index (χ1) is 9.88. The number of halogens is 1. The second kappa shape index (κ2) is 6.60. The molecule has 0 bridgehead atoms. The second-order valence-corrected chi connectivity index (χ2v) is 6.80. The molecule has 0 aliphatic rings. The Morgan fingerprint density at radius 1 is 1.48 bits per heavy atom. The number of aliphatic hydroxyl groups is 1. The molecule has 1 N–H and O–H groups in total. The van der Waals surface area contributed by atoms with Gasteiger partial charge in [-0.2, -0.15) is 0 Å². The van der Waals surface area contributed by atoms with Crippen LogP contribution in [0.1, 0.15) is 31.3 Å². The van der Waals surface area contributed by atoms with Crippen LogP contribution in [0.3, 0.4) is 0 Å². The lowest BCUT2D eigenvalue weighted by atomic mass is 10.2. The summed E-state index contributed by atoms with van der Waals surface area (Å²) in [7, 11) is 0. The van der Waals surface area contributed by atoms with Gasteiger partial charge in [0.1, 0.15) is 0 Å². The molecule has 0 saturated carbocycles. The van der Waals surface area contributed by atoms with Gasteiger partial charge >= 0.3 is 0 Å². The molecule has 0 radical (unpaired) electrons. The summed E-state index contributed by atoms with van der Waals surface area (Å²) < 4.78 is 5.86. The van der Waals surface area contributed by atoms with Gasteiger partial charge in [0.15, 0.2) is 11.5 Å². The highest BCUT2D eigenvalue weighted by Crippen LogP contribution is 2.31. The maximum atomic E-state index is 12.4. The monoisotopic (exact) mass is 328 g/mol. The molecule has 5 nitrogen and oxygen atoms in total. The van der Waals surface area contributed by atoms with Crippen molar-refractivity contribution >= 4 is 28.8 Å². The Morgan fingerprint density at radius 3 is 2.71 bits per heavy atom. The molecule has 0 aliphatic heterocycles. The first-order valence-electron chi connectivity index (χ1n) is 6.60. The molecule has 1 atom stereocenters. The predicted octanol–water partition coefficient (Wildman–Crippen LogP) is 3.29. The summed E-state index contributed by atoms with van der Waals surface area (Å²) in [5, 5.41) is 13.3. The number of hydrogen-bond donors (Lipinski definition) is 1. The number of hydrogen-bond acceptors (Lipinski definition) is 5. The average molecular weight is 329 g/mol. The van der Waals surface area contributed by atoms with Crippen LogP contribution in [0.15, 0.2) is 22.7 Å². The van der Waals surface area contributed by atoms with E-state index in [9.17, 15) is 9.90 Å². The minimum atomic E-state index is -0.598. The SMILES string of the molecule is CC(O)CN(C(=O)c1cc(-c2ccc(Cl)s2)on1)C(C)C. The van der Waals surface area contributed by atoms with Crippen LogP contribution in [0, 0.1) is 0 Å². The van der Waals surface area contributed by atoms with Crippen molar-refractivity contribution < 1.29 is 14.4 Å². The van der Waals surface area contributed by atoms with Crippen LogP contribution in [-0.4, -0.2) is 39.8 Å². The second-order valence-electron chi connectivity index (χ2n) is 5.08. The smallest absolute Gasteiger partial charge is 0.276 e. The van der Waals surface area contributed by atoms with Gasteiger partial charge in [-0.05, 0) is 32.9 Å². The molecule has 2 aromatic rings. The van der Waals surface area contributed by atoms with Crippen molar-refractivity contribution in [1.82, 2.24) is 10.1 Å². The van der Waals surface area contributed by atoms with Crippen LogP contribution in [-0.2, 0) is 0 Å². The molecule has 0 saturated heterocycles. The number of aliphatic hydroxyl groups excluding tert-OH is 1. The van der Waals surface area contributed by atoms with E-state index in [0.717, 1.165) is 4.88 Å². The minimum absolute atomic E-state index is 0.0385. The highest BCUT2D eigenvalue weighted by Gasteiger charge is 2.24. The summed E-state index contributed by atoms with van der Waals surface area (Å²) in [6, 6.07) is 5.14. The molecule has 1 unspecified atom stereocenters. The van der Waals surface area contributed by atoms with Crippen molar-refractivity contribution in [2.45, 2.75) is 32.9 Å². The Balaban J connectivity index is 2.21. The van der Waals surface area contributed by atoms with Crippen LogP contribution < -0.4 is 0 Å². The van der Waals surface area contributed by atoms with Crippen LogP contribution >= 0.6 is 22.9 Å². The molecule has 1 amide bonds. The Labute approximate surface area is 132 Å². The molecular weight excluding hydrogens is 312 g/mol. The van der Waals surface area contributed by atoms with Gasteiger partial charge in [-0.25, -0.2) is 0 Å². The topological polar surface area (TPSA) is 66.6 Å². The predicted molar refractivity (Wildman–Crippen MR) is 82.7 cm³/mol. The van der Waals surface area contributed by atoms with Gasteiger partial charge in [-0.15, -0.1) is 11.3 Å². The van der Waals surface area contributed by atoms with E-state index in [4.69, 9.17) is 16.1 Å². The third kappa shape index (κ3) is 3.84. The van der Waals surface area contributed by atoms with E-state index < -0.39 is 6.10 Å². The van der Waals surface area contributed by atoms with Gasteiger partial charge in [0.25, 0.3) is 5.91 Å². The van der Waals surface area contributed by atoms with E-state index in [1.807, 2.05) is 19.9 Å². The van der Waals surface area contributed by atoms with Gasteiger partial charge in [-0.1, -0.05) is 16.8 Å². The average Bonchev–Trinajstić information content (AvgIpc) is 3.03. The zero-order chi connectivity index (χ0) is 15.6. The first kappa shape index (κ1) is 16.0. The number of thiophene rings is 1. The molecule has 0 spiro atoms. The third-order valence-electron chi connectivity index (χ3n) is 2.89. The number of amides is 1. The van der Waals surface area contributed by atoms with Crippen molar-refractivity contribution in [3.63, 3.8) is 0 Å². The third-order valence-corrected chi connectivity index (χ3v) is 4.14. The normalized spacial score (nSPS) is 12.7. The van der Waals surface area contributed by atoms with Crippen molar-refractivity contribution in [3.8, 4) is 10.6 Å². The first-order valence-corrected chi connectivity index (χ1v) is 7.79. The Morgan fingerprint density at radius 2 is 2.19 bits per heavy atom. The van der Waals surface area contributed by atoms with E-state index in [0.29, 0.717) is 10.1 Å². The summed E-state index contributed by atoms with van der Waals surface area (Å²) in [6.45, 7) is 5.68. The fourth-order valence-corrected chi connectivity index (χ4v) is 2.89. The van der Waals surface area contributed by atoms with E-state index >= 15 is 0 Å². The molecule has 114 valence electrons. The van der Waals surface area contributed by atoms with Crippen molar-refractivity contribution in [1.29, 1.82) is 0 Å². The van der Waals surface area contributed by atoms with Crippen LogP contribution in [0.2, 0.25) is 4.34 Å². The maximum absolute atomic E-state index is 12.4. The zero-order valence-electron chi connectivity index (χ0n) is 12.0. The molecule has 2 heterocycles. The summed E-state index contributed by atoms with van der Waals surface area (Å²) >= 11 is 7.24. The zero-order valence-corrected chi connectivity index (χ0v) is 13.6. The van der Waals surface area contributed by atoms with Gasteiger partial charge in [0.05, 0.1) is 15.3 Å². The molecule has 0 aromatic carbocycles. The fraction of sp³-hybridized carbons (Fsp3) is 0.429. The molecule has 0 fully saturated rings. The van der Waals surface area contributed by atoms with Crippen LogP contribution in [0.5, 0.6) is 0 Å². The van der Waals surface area contributed by atoms with E-state index in [1.54, 1.807) is 24.0 Å². The molecule has 2 rings (SSSR count). The van der Waals surface area contributed by atoms with E-state index in [1.165, 1.54) is 11.3 Å². The standard InChI is InChI=1S/C14H17ClN2O3S/c1-8(2)17(7-9(3)18)14(19)10-6-11(20-16-10)12-4-5-13(15)21-12/h4-6,8-9,18H,7H2,1-3H3. The Kier molecular flexibility index (Phi) is 5.03. The molecule has 7 heteroatoms. The van der Waals surface area contributed by atoms with Gasteiger partial charge in [0, 0.05) is 18.7 Å². The lowest BCUT2D eigenvalue weighted by Gasteiger charge is -2.26. The molecular formula is C14H17ClN2O3S. The van der Waals surface area contributed by atoms with Crippen molar-refractivity contribution in [2.24, 2.45) is 0 Å². The summed E-state index contributed by atoms with van der Waals surface area (Å²) in [6.07, 6.45) is -0.598. The van der Waals surface area contributed by atoms with Crippen LogP contribution in [0.25, 0.3) is 10.6 Å². The lowest BCUT2D eigenvalue weighted by Crippen LogP contribution is -2.41. The van der Waals surface area contributed by atoms with E-state index in [-0.39, 0.29) is 24.2 Å². The fourth-order valence-electron chi connectivity index (χ4n) is 1.90. The Hall–Kier alpha value is -1.37. The van der Waals surface area contributed by atoms with Crippen molar-refractivity contribution in [3.05, 3.63) is 28.2 Å². The summed E-state index contributed by atoms with van der Waals surface area (Å²) in [5.41, 5.74) is 0.226. The lowest BCUT2D eigenvalue weighted by molar-refractivity contribution is 0.0569. The summed E-state index contributed by atoms with van der Waals surface area (Å²) in [5.74, 6) is 0.250. The number of carbonyl (C=O) groups is 1. The highest BCUT2D eigenvalue weighted by atomic mass is 35.5. The largest absolute Gasteiger partial charge is 0.392 e. The van der Waals surface area contributed by atoms with Gasteiger partial charge < -0.3 is 14.5 Å². The van der Waals surface area contributed by atoms with Crippen molar-refractivity contribution in [2.75, 3.05) is 6.54 Å². The number of rotatable bonds is 5. The molecule has 21 heavy (non-hydrogen) atoms. The minimum Gasteiger partial charge on any atom is -0.392 e. The Bertz CT molecular complexity index is 621. The maximum Gasteiger partial charge on any atom is 0.276 e. The number of carbonyl (C=O) groups excluding carboxylic acids is 1. The molecule has 2 aromatic heterocycles. The highest BCUT2D eigenvalue weighted by molar-refractivity contribution is 7.19.